The second-order valence-corrected chi connectivity index (χ2v) is 15.4. The molecule has 0 aromatic heterocycles. The number of amides is 2. The van der Waals surface area contributed by atoms with Crippen molar-refractivity contribution in [2.24, 2.45) is 40.6 Å². The summed E-state index contributed by atoms with van der Waals surface area (Å²) in [5.41, 5.74) is 12.6. The van der Waals surface area contributed by atoms with E-state index in [0.717, 1.165) is 51.4 Å². The van der Waals surface area contributed by atoms with Crippen molar-refractivity contribution in [1.29, 1.82) is 0 Å². The molecule has 0 spiro atoms. The quantitative estimate of drug-likeness (QED) is 0.129. The van der Waals surface area contributed by atoms with Crippen molar-refractivity contribution >= 4 is 11.8 Å². The molecule has 2 amide bonds. The molecule has 1 saturated carbocycles. The first-order chi connectivity index (χ1) is 22.9. The highest BCUT2D eigenvalue weighted by Gasteiger charge is 2.52. The van der Waals surface area contributed by atoms with E-state index in [1.54, 1.807) is 6.08 Å². The smallest absolute Gasteiger partial charge is 0.282 e. The highest BCUT2D eigenvalue weighted by molar-refractivity contribution is 5.81. The van der Waals surface area contributed by atoms with Gasteiger partial charge in [0.25, 0.3) is 5.92 Å². The van der Waals surface area contributed by atoms with Crippen molar-refractivity contribution in [2.75, 3.05) is 45.8 Å². The molecule has 274 valence electrons. The minimum absolute atomic E-state index is 0.0196. The van der Waals surface area contributed by atoms with Gasteiger partial charge in [-0.15, -0.1) is 0 Å². The van der Waals surface area contributed by atoms with Gasteiger partial charge < -0.3 is 32.3 Å². The number of piperidine rings is 2. The summed E-state index contributed by atoms with van der Waals surface area (Å²) in [4.78, 5) is 30.5. The largest absolute Gasteiger partial charge is 0.350 e. The number of rotatable bonds is 11. The van der Waals surface area contributed by atoms with Gasteiger partial charge in [-0.3, -0.25) is 14.5 Å². The van der Waals surface area contributed by atoms with Crippen LogP contribution in [0.2, 0.25) is 0 Å². The van der Waals surface area contributed by atoms with Crippen LogP contribution in [-0.2, 0) is 9.59 Å². The summed E-state index contributed by atoms with van der Waals surface area (Å²) >= 11 is 0. The molecule has 0 aromatic carbocycles. The summed E-state index contributed by atoms with van der Waals surface area (Å²) in [6.45, 7) is 4.60. The fourth-order valence-corrected chi connectivity index (χ4v) is 9.91. The zero-order valence-electron chi connectivity index (χ0n) is 28.8. The molecule has 48 heavy (non-hydrogen) atoms. The second kappa shape index (κ2) is 16.0. The van der Waals surface area contributed by atoms with Gasteiger partial charge in [-0.2, -0.15) is 0 Å². The van der Waals surface area contributed by atoms with Crippen LogP contribution in [0, 0.1) is 29.1 Å². The second-order valence-electron chi connectivity index (χ2n) is 15.4. The molecule has 13 heteroatoms. The molecule has 7 N–H and O–H groups in total. The van der Waals surface area contributed by atoms with E-state index in [9.17, 15) is 18.4 Å². The summed E-state index contributed by atoms with van der Waals surface area (Å²) in [6, 6.07) is -1.70. The Bertz CT molecular complexity index is 1100. The molecule has 7 atom stereocenters. The van der Waals surface area contributed by atoms with Crippen LogP contribution < -0.4 is 27.4 Å². The molecule has 5 aliphatic rings. The standard InChI is InChI=1S/C35H59F4N7O2/c1-3-12-34(13-4-2)14-9-24(36)17-43-29(28(34)22-7-5-6-8-22)27(31(40)41)32(47)44-26-19-42-18-25(37)30(26)45-15-10-23(11-16-45)33(48)46-20-35(38,39)21-46/h9,14,22-31,42-43H,3-8,10-13,15-21,40-41H2,1-2H3,(H,44,47)/b14-9-. The topological polar surface area (TPSA) is 129 Å². The summed E-state index contributed by atoms with van der Waals surface area (Å²) in [7, 11) is 0. The Kier molecular flexibility index (Phi) is 12.5. The van der Waals surface area contributed by atoms with Crippen molar-refractivity contribution in [2.45, 2.75) is 121 Å². The third kappa shape index (κ3) is 8.22. The van der Waals surface area contributed by atoms with Crippen LogP contribution in [0.3, 0.4) is 0 Å². The van der Waals surface area contributed by atoms with Crippen molar-refractivity contribution in [3.8, 4) is 0 Å². The minimum atomic E-state index is -2.82. The van der Waals surface area contributed by atoms with E-state index in [2.05, 4.69) is 35.9 Å². The van der Waals surface area contributed by atoms with Crippen molar-refractivity contribution in [3.63, 3.8) is 0 Å². The molecule has 3 saturated heterocycles. The van der Waals surface area contributed by atoms with E-state index < -0.39 is 61.6 Å². The van der Waals surface area contributed by atoms with E-state index in [1.807, 2.05) is 4.90 Å². The van der Waals surface area contributed by atoms with Crippen molar-refractivity contribution < 1.29 is 27.2 Å². The summed E-state index contributed by atoms with van der Waals surface area (Å²) in [5.74, 6) is -4.33. The number of hydrogen-bond acceptors (Lipinski definition) is 7. The van der Waals surface area contributed by atoms with Crippen LogP contribution in [0.1, 0.15) is 78.1 Å². The van der Waals surface area contributed by atoms with Crippen LogP contribution in [0.25, 0.3) is 0 Å². The van der Waals surface area contributed by atoms with E-state index in [-0.39, 0.29) is 42.2 Å². The molecular weight excluding hydrogens is 626 g/mol. The summed E-state index contributed by atoms with van der Waals surface area (Å²) in [5, 5.41) is 9.72. The van der Waals surface area contributed by atoms with E-state index in [0.29, 0.717) is 38.4 Å². The Balaban J connectivity index is 1.35. The minimum Gasteiger partial charge on any atom is -0.350 e. The van der Waals surface area contributed by atoms with Crippen LogP contribution in [0.4, 0.5) is 17.6 Å². The number of allylic oxidation sites excluding steroid dienone is 1. The molecule has 4 fully saturated rings. The van der Waals surface area contributed by atoms with Crippen LogP contribution in [0.5, 0.6) is 0 Å². The van der Waals surface area contributed by atoms with Crippen LogP contribution in [-0.4, -0.2) is 110 Å². The summed E-state index contributed by atoms with van der Waals surface area (Å²) < 4.78 is 57.7. The highest BCUT2D eigenvalue weighted by atomic mass is 19.3. The summed E-state index contributed by atoms with van der Waals surface area (Å²) in [6.07, 6.45) is 9.05. The fraction of sp³-hybridized carbons (Fsp3) is 0.886. The van der Waals surface area contributed by atoms with Crippen molar-refractivity contribution in [3.05, 3.63) is 12.2 Å². The Morgan fingerprint density at radius 3 is 2.21 bits per heavy atom. The lowest BCUT2D eigenvalue weighted by molar-refractivity contribution is -0.171. The van der Waals surface area contributed by atoms with E-state index >= 15 is 8.78 Å². The lowest BCUT2D eigenvalue weighted by atomic mass is 9.58. The molecule has 0 bridgehead atoms. The number of nitrogens with two attached hydrogens (primary N) is 2. The van der Waals surface area contributed by atoms with Gasteiger partial charge >= 0.3 is 0 Å². The highest BCUT2D eigenvalue weighted by Crippen LogP contribution is 2.51. The van der Waals surface area contributed by atoms with Gasteiger partial charge in [0.05, 0.1) is 37.3 Å². The number of nitrogens with zero attached hydrogens (tertiary/aromatic N) is 2. The third-order valence-electron chi connectivity index (χ3n) is 11.9. The third-order valence-corrected chi connectivity index (χ3v) is 11.9. The number of nitrogens with one attached hydrogen (secondary N) is 3. The fourth-order valence-electron chi connectivity index (χ4n) is 9.91. The number of halogens is 4. The van der Waals surface area contributed by atoms with Gasteiger partial charge in [0, 0.05) is 31.6 Å². The average Bonchev–Trinajstić information content (AvgIpc) is 3.55. The predicted molar refractivity (Wildman–Crippen MR) is 178 cm³/mol. The molecule has 1 aliphatic carbocycles. The zero-order valence-corrected chi connectivity index (χ0v) is 28.8. The van der Waals surface area contributed by atoms with Gasteiger partial charge in [0.2, 0.25) is 11.8 Å². The SMILES string of the molecule is CCCC1(CCC)/C=C\C(F)CNC(C(C(=O)NC2CNCC(F)C2N2CCC(C(=O)N3CC(F)(F)C3)CC2)C(N)N)C1C1CCCC1. The Hall–Kier alpha value is -1.80. The predicted octanol–water partition coefficient (Wildman–Crippen LogP) is 3.09. The number of carbonyl (C=O) groups is 2. The maximum Gasteiger partial charge on any atom is 0.282 e. The van der Waals surface area contributed by atoms with Gasteiger partial charge in [-0.25, -0.2) is 17.6 Å². The lowest BCUT2D eigenvalue weighted by Crippen LogP contribution is -2.69. The van der Waals surface area contributed by atoms with E-state index in [1.165, 1.54) is 4.90 Å². The van der Waals surface area contributed by atoms with Crippen LogP contribution >= 0.6 is 0 Å². The van der Waals surface area contributed by atoms with Gasteiger partial charge in [0.1, 0.15) is 12.3 Å². The number of carbonyl (C=O) groups excluding carboxylic acids is 2. The van der Waals surface area contributed by atoms with Gasteiger partial charge in [-0.1, -0.05) is 64.5 Å². The monoisotopic (exact) mass is 685 g/mol. The molecule has 9 nitrogen and oxygen atoms in total. The lowest BCUT2D eigenvalue weighted by Gasteiger charge is -2.50. The Morgan fingerprint density at radius 2 is 1.62 bits per heavy atom. The first-order valence-electron chi connectivity index (χ1n) is 18.5. The molecule has 4 heterocycles. The maximum atomic E-state index is 15.7. The Morgan fingerprint density at radius 1 is 0.979 bits per heavy atom. The number of likely N-dealkylation sites (tertiary alicyclic amines) is 2. The molecule has 4 aliphatic heterocycles. The first kappa shape index (κ1) is 37.5. The molecule has 0 aromatic rings. The normalized spacial score (nSPS) is 34.6. The molecule has 7 unspecified atom stereocenters. The van der Waals surface area contributed by atoms with Crippen molar-refractivity contribution in [1.82, 2.24) is 25.8 Å². The molecule has 0 radical (unpaired) electrons. The number of hydrogen-bond donors (Lipinski definition) is 5. The van der Waals surface area contributed by atoms with Gasteiger partial charge in [-0.05, 0) is 56.0 Å². The Labute approximate surface area is 283 Å². The van der Waals surface area contributed by atoms with Gasteiger partial charge in [0.15, 0.2) is 0 Å². The van der Waals surface area contributed by atoms with Crippen LogP contribution in [0.15, 0.2) is 12.2 Å². The first-order valence-corrected chi connectivity index (χ1v) is 18.5. The molecular formula is C35H59F4N7O2. The molecule has 5 rings (SSSR count). The van der Waals surface area contributed by atoms with E-state index in [4.69, 9.17) is 11.5 Å². The number of alkyl halides is 4. The zero-order chi connectivity index (χ0) is 34.6. The average molecular weight is 686 g/mol. The maximum absolute atomic E-state index is 15.7.